The van der Waals surface area contributed by atoms with Crippen LogP contribution < -0.4 is 4.74 Å². The van der Waals surface area contributed by atoms with Crippen LogP contribution in [0.3, 0.4) is 0 Å². The number of benzene rings is 2. The average Bonchev–Trinajstić information content (AvgIpc) is 3.36. The molecule has 1 aliphatic rings. The Labute approximate surface area is 162 Å². The second-order valence-corrected chi connectivity index (χ2v) is 7.96. The van der Waals surface area contributed by atoms with Crippen molar-refractivity contribution in [3.05, 3.63) is 59.2 Å². The Balaban J connectivity index is 1.45. The van der Waals surface area contributed by atoms with Crippen LogP contribution in [0, 0.1) is 0 Å². The molecular formula is C21H21N3O2S. The highest BCUT2D eigenvalue weighted by Crippen LogP contribution is 2.28. The van der Waals surface area contributed by atoms with Crippen LogP contribution in [0.2, 0.25) is 0 Å². The Hall–Kier alpha value is -2.60. The number of hydrogen-bond donors (Lipinski definition) is 1. The van der Waals surface area contributed by atoms with E-state index in [-0.39, 0.29) is 11.0 Å². The van der Waals surface area contributed by atoms with E-state index in [1.807, 2.05) is 37.3 Å². The van der Waals surface area contributed by atoms with E-state index in [4.69, 9.17) is 4.74 Å². The van der Waals surface area contributed by atoms with Crippen LogP contribution in [-0.2, 0) is 12.8 Å². The summed E-state index contributed by atoms with van der Waals surface area (Å²) in [6.45, 7) is 1.91. The van der Waals surface area contributed by atoms with Gasteiger partial charge in [-0.1, -0.05) is 23.9 Å². The van der Waals surface area contributed by atoms with Gasteiger partial charge in [-0.05, 0) is 67.6 Å². The fourth-order valence-corrected chi connectivity index (χ4v) is 4.15. The highest BCUT2D eigenvalue weighted by Gasteiger charge is 2.21. The molecule has 0 saturated heterocycles. The van der Waals surface area contributed by atoms with Gasteiger partial charge in [-0.25, -0.2) is 4.98 Å². The second kappa shape index (κ2) is 7.56. The molecule has 0 radical (unpaired) electrons. The number of methoxy groups -OCH3 is 1. The van der Waals surface area contributed by atoms with Crippen LogP contribution in [0.4, 0.5) is 0 Å². The molecule has 0 bridgehead atoms. The van der Waals surface area contributed by atoms with Gasteiger partial charge in [0.1, 0.15) is 5.75 Å². The molecular weight excluding hydrogens is 358 g/mol. The summed E-state index contributed by atoms with van der Waals surface area (Å²) in [5.74, 6) is 1.59. The summed E-state index contributed by atoms with van der Waals surface area (Å²) in [5.41, 5.74) is 4.40. The molecule has 6 heteroatoms. The Morgan fingerprint density at radius 1 is 1.15 bits per heavy atom. The topological polar surface area (TPSA) is 67.9 Å². The van der Waals surface area contributed by atoms with Crippen molar-refractivity contribution in [3.8, 4) is 17.1 Å². The number of aromatic nitrogens is 3. The van der Waals surface area contributed by atoms with Crippen molar-refractivity contribution in [1.82, 2.24) is 15.2 Å². The summed E-state index contributed by atoms with van der Waals surface area (Å²) in [7, 11) is 1.64. The average molecular weight is 379 g/mol. The van der Waals surface area contributed by atoms with Gasteiger partial charge in [0.2, 0.25) is 5.16 Å². The van der Waals surface area contributed by atoms with Gasteiger partial charge in [0.25, 0.3) is 0 Å². The summed E-state index contributed by atoms with van der Waals surface area (Å²) in [6, 6.07) is 13.7. The molecule has 0 amide bonds. The first-order valence-corrected chi connectivity index (χ1v) is 9.91. The molecule has 0 saturated carbocycles. The number of carbonyl (C=O) groups is 1. The SMILES string of the molecule is COc1ccc(-c2nc(S[C@H](C)C(=O)c3ccc4c(c3)CCC4)n[nH]2)cc1. The van der Waals surface area contributed by atoms with Gasteiger partial charge < -0.3 is 4.74 Å². The molecule has 1 N–H and O–H groups in total. The number of nitrogens with zero attached hydrogens (tertiary/aromatic N) is 2. The molecule has 1 heterocycles. The maximum Gasteiger partial charge on any atom is 0.209 e. The number of carbonyl (C=O) groups excluding carboxylic acids is 1. The number of fused-ring (bicyclic) bond motifs is 1. The number of H-pyrrole nitrogens is 1. The van der Waals surface area contributed by atoms with Crippen molar-refractivity contribution in [2.45, 2.75) is 36.6 Å². The minimum atomic E-state index is -0.246. The van der Waals surface area contributed by atoms with Crippen LogP contribution in [0.5, 0.6) is 5.75 Å². The van der Waals surface area contributed by atoms with Crippen LogP contribution in [-0.4, -0.2) is 33.3 Å². The standard InChI is InChI=1S/C21H21N3O2S/c1-13(19(25)17-7-6-14-4-3-5-16(14)12-17)27-21-22-20(23-24-21)15-8-10-18(26-2)11-9-15/h6-13H,3-5H2,1-2H3,(H,22,23,24)/t13-/m1/s1. The molecule has 1 aliphatic carbocycles. The summed E-state index contributed by atoms with van der Waals surface area (Å²) in [6.07, 6.45) is 3.38. The summed E-state index contributed by atoms with van der Waals surface area (Å²) in [4.78, 5) is 17.3. The zero-order valence-corrected chi connectivity index (χ0v) is 16.2. The van der Waals surface area contributed by atoms with Crippen molar-refractivity contribution in [1.29, 1.82) is 0 Å². The lowest BCUT2D eigenvalue weighted by atomic mass is 10.0. The Morgan fingerprint density at radius 3 is 2.70 bits per heavy atom. The van der Waals surface area contributed by atoms with E-state index >= 15 is 0 Å². The summed E-state index contributed by atoms with van der Waals surface area (Å²) >= 11 is 1.38. The number of Topliss-reactive ketones (excluding diaryl/α,β-unsaturated/α-hetero) is 1. The van der Waals surface area contributed by atoms with E-state index in [9.17, 15) is 4.79 Å². The quantitative estimate of drug-likeness (QED) is 0.510. The number of hydrogen-bond acceptors (Lipinski definition) is 5. The second-order valence-electron chi connectivity index (χ2n) is 6.66. The van der Waals surface area contributed by atoms with Crippen molar-refractivity contribution < 1.29 is 9.53 Å². The molecule has 4 rings (SSSR count). The van der Waals surface area contributed by atoms with E-state index in [1.54, 1.807) is 7.11 Å². The van der Waals surface area contributed by atoms with Crippen LogP contribution in [0.15, 0.2) is 47.6 Å². The molecule has 0 aliphatic heterocycles. The lowest BCUT2D eigenvalue weighted by Gasteiger charge is -2.09. The van der Waals surface area contributed by atoms with E-state index in [1.165, 1.54) is 29.3 Å². The van der Waals surface area contributed by atoms with E-state index < -0.39 is 0 Å². The monoisotopic (exact) mass is 379 g/mol. The predicted molar refractivity (Wildman–Crippen MR) is 106 cm³/mol. The van der Waals surface area contributed by atoms with Gasteiger partial charge in [0, 0.05) is 11.1 Å². The van der Waals surface area contributed by atoms with E-state index in [0.717, 1.165) is 29.7 Å². The van der Waals surface area contributed by atoms with Crippen molar-refractivity contribution >= 4 is 17.5 Å². The normalized spacial score (nSPS) is 14.0. The van der Waals surface area contributed by atoms with Gasteiger partial charge in [-0.15, -0.1) is 5.10 Å². The van der Waals surface area contributed by atoms with Crippen molar-refractivity contribution in [2.75, 3.05) is 7.11 Å². The highest BCUT2D eigenvalue weighted by atomic mass is 32.2. The third-order valence-corrected chi connectivity index (χ3v) is 5.82. The van der Waals surface area contributed by atoms with Crippen molar-refractivity contribution in [2.24, 2.45) is 0 Å². The van der Waals surface area contributed by atoms with Crippen LogP contribution in [0.1, 0.15) is 34.8 Å². The first-order chi connectivity index (χ1) is 13.1. The van der Waals surface area contributed by atoms with Crippen LogP contribution >= 0.6 is 11.8 Å². The maximum atomic E-state index is 12.8. The number of aryl methyl sites for hydroxylation is 2. The zero-order chi connectivity index (χ0) is 18.8. The molecule has 5 nitrogen and oxygen atoms in total. The molecule has 0 spiro atoms. The highest BCUT2D eigenvalue weighted by molar-refractivity contribution is 8.00. The largest absolute Gasteiger partial charge is 0.497 e. The Morgan fingerprint density at radius 2 is 1.93 bits per heavy atom. The van der Waals surface area contributed by atoms with Gasteiger partial charge in [-0.2, -0.15) is 0 Å². The maximum absolute atomic E-state index is 12.8. The lowest BCUT2D eigenvalue weighted by Crippen LogP contribution is -2.14. The van der Waals surface area contributed by atoms with Crippen LogP contribution in [0.25, 0.3) is 11.4 Å². The van der Waals surface area contributed by atoms with E-state index in [0.29, 0.717) is 11.0 Å². The fraction of sp³-hybridized carbons (Fsp3) is 0.286. The van der Waals surface area contributed by atoms with Gasteiger partial charge in [0.05, 0.1) is 12.4 Å². The van der Waals surface area contributed by atoms with Gasteiger partial charge in [0.15, 0.2) is 11.6 Å². The smallest absolute Gasteiger partial charge is 0.209 e. The number of rotatable bonds is 6. The third-order valence-electron chi connectivity index (χ3n) is 4.86. The Kier molecular flexibility index (Phi) is 4.99. The number of ether oxygens (including phenoxy) is 1. The molecule has 3 aromatic rings. The minimum Gasteiger partial charge on any atom is -0.497 e. The fourth-order valence-electron chi connectivity index (χ4n) is 3.35. The first-order valence-electron chi connectivity index (χ1n) is 9.03. The van der Waals surface area contributed by atoms with Gasteiger partial charge in [-0.3, -0.25) is 9.89 Å². The third kappa shape index (κ3) is 3.76. The minimum absolute atomic E-state index is 0.116. The zero-order valence-electron chi connectivity index (χ0n) is 15.4. The van der Waals surface area contributed by atoms with Gasteiger partial charge >= 0.3 is 0 Å². The lowest BCUT2D eigenvalue weighted by molar-refractivity contribution is 0.0994. The molecule has 0 unspecified atom stereocenters. The molecule has 2 aromatic carbocycles. The number of aromatic amines is 1. The number of ketones is 1. The number of thioether (sulfide) groups is 1. The predicted octanol–water partition coefficient (Wildman–Crippen LogP) is 4.33. The molecule has 1 atom stereocenters. The first kappa shape index (κ1) is 17.8. The molecule has 27 heavy (non-hydrogen) atoms. The van der Waals surface area contributed by atoms with E-state index in [2.05, 4.69) is 27.3 Å². The molecule has 1 aromatic heterocycles. The Bertz CT molecular complexity index is 966. The summed E-state index contributed by atoms with van der Waals surface area (Å²) in [5, 5.41) is 7.52. The van der Waals surface area contributed by atoms with Crippen molar-refractivity contribution in [3.63, 3.8) is 0 Å². The molecule has 0 fully saturated rings. The number of nitrogens with one attached hydrogen (secondary N) is 1. The molecule has 138 valence electrons. The summed E-state index contributed by atoms with van der Waals surface area (Å²) < 4.78 is 5.17.